The van der Waals surface area contributed by atoms with E-state index in [1.165, 1.54) is 12.7 Å². The van der Waals surface area contributed by atoms with Crippen molar-refractivity contribution < 1.29 is 23.8 Å². The Labute approximate surface area is 241 Å². The molecule has 0 aliphatic carbocycles. The minimum atomic E-state index is -0.588. The molecule has 0 saturated carbocycles. The van der Waals surface area contributed by atoms with Crippen LogP contribution in [0.25, 0.3) is 21.6 Å². The highest BCUT2D eigenvalue weighted by atomic mass is 32.1. The van der Waals surface area contributed by atoms with Crippen LogP contribution in [0.2, 0.25) is 0 Å². The lowest BCUT2D eigenvalue weighted by Gasteiger charge is -2.28. The number of fused-ring (bicyclic) bond motifs is 3. The first-order valence-electron chi connectivity index (χ1n) is 13.5. The molecule has 0 radical (unpaired) electrons. The predicted molar refractivity (Wildman–Crippen MR) is 159 cm³/mol. The van der Waals surface area contributed by atoms with E-state index in [1.54, 1.807) is 11.3 Å². The second-order valence-electron chi connectivity index (χ2n) is 9.78. The molecule has 0 bridgehead atoms. The molecule has 9 nitrogen and oxygen atoms in total. The number of esters is 1. The van der Waals surface area contributed by atoms with E-state index < -0.39 is 5.97 Å². The number of anilines is 2. The molecule has 1 amide bonds. The fourth-order valence-electron chi connectivity index (χ4n) is 5.14. The highest BCUT2D eigenvalue weighted by Crippen LogP contribution is 2.43. The summed E-state index contributed by atoms with van der Waals surface area (Å²) in [4.78, 5) is 34.9. The first-order valence-corrected chi connectivity index (χ1v) is 14.3. The molecule has 0 atom stereocenters. The third-order valence-electron chi connectivity index (χ3n) is 7.32. The quantitative estimate of drug-likeness (QED) is 0.319. The average molecular weight is 571 g/mol. The number of carbonyl (C=O) groups is 2. The zero-order chi connectivity index (χ0) is 28.3. The van der Waals surface area contributed by atoms with Crippen molar-refractivity contribution in [3.8, 4) is 27.3 Å². The number of nitrogens with one attached hydrogen (secondary N) is 1. The smallest absolute Gasteiger partial charge is 0.357 e. The number of amides is 1. The van der Waals surface area contributed by atoms with Gasteiger partial charge in [0, 0.05) is 58.9 Å². The monoisotopic (exact) mass is 570 g/mol. The third-order valence-corrected chi connectivity index (χ3v) is 8.31. The van der Waals surface area contributed by atoms with Crippen molar-refractivity contribution in [2.45, 2.75) is 13.0 Å². The van der Waals surface area contributed by atoms with Gasteiger partial charge in [-0.3, -0.25) is 4.79 Å². The van der Waals surface area contributed by atoms with E-state index in [1.807, 2.05) is 48.5 Å². The number of carbonyl (C=O) groups excluding carboxylic acids is 2. The summed E-state index contributed by atoms with van der Waals surface area (Å²) in [5, 5.41) is 5.06. The van der Waals surface area contributed by atoms with Crippen LogP contribution in [-0.2, 0) is 22.4 Å². The van der Waals surface area contributed by atoms with Gasteiger partial charge in [0.15, 0.2) is 5.69 Å². The number of nitrogens with two attached hydrogens (primary N) is 1. The number of methoxy groups -OCH3 is 1. The highest BCUT2D eigenvalue weighted by Gasteiger charge is 2.27. The maximum Gasteiger partial charge on any atom is 0.357 e. The summed E-state index contributed by atoms with van der Waals surface area (Å²) < 4.78 is 16.8. The zero-order valence-electron chi connectivity index (χ0n) is 22.6. The van der Waals surface area contributed by atoms with E-state index in [2.05, 4.69) is 21.7 Å². The molecule has 6 rings (SSSR count). The Morgan fingerprint density at radius 2 is 1.83 bits per heavy atom. The van der Waals surface area contributed by atoms with Gasteiger partial charge in [-0.1, -0.05) is 12.1 Å². The Hall–Kier alpha value is -4.25. The highest BCUT2D eigenvalue weighted by molar-refractivity contribution is 7.13. The summed E-state index contributed by atoms with van der Waals surface area (Å²) in [6, 6.07) is 16.9. The van der Waals surface area contributed by atoms with E-state index >= 15 is 0 Å². The summed E-state index contributed by atoms with van der Waals surface area (Å²) in [5.74, 6) is 0.393. The third kappa shape index (κ3) is 5.41. The molecular weight excluding hydrogens is 540 g/mol. The number of benzene rings is 2. The molecule has 1 fully saturated rings. The van der Waals surface area contributed by atoms with Gasteiger partial charge >= 0.3 is 5.97 Å². The summed E-state index contributed by atoms with van der Waals surface area (Å²) in [6.45, 7) is 3.42. The van der Waals surface area contributed by atoms with Crippen molar-refractivity contribution in [2.24, 2.45) is 5.73 Å². The van der Waals surface area contributed by atoms with Gasteiger partial charge in [-0.05, 0) is 59.0 Å². The Bertz CT molecular complexity index is 1590. The SMILES string of the molecule is COC(=O)c1nc(N2CCOCC2)ccc1-c1cc2c(cc1C(=O)Nc1ccc(CN)cc1)-c1sccc1CCO2. The van der Waals surface area contributed by atoms with Crippen molar-refractivity contribution in [1.82, 2.24) is 4.98 Å². The van der Waals surface area contributed by atoms with Crippen molar-refractivity contribution in [3.05, 3.63) is 82.4 Å². The molecule has 4 aromatic rings. The lowest BCUT2D eigenvalue weighted by molar-refractivity contribution is 0.0594. The van der Waals surface area contributed by atoms with Gasteiger partial charge in [0.2, 0.25) is 0 Å². The maximum absolute atomic E-state index is 13.9. The zero-order valence-corrected chi connectivity index (χ0v) is 23.5. The number of morpholine rings is 1. The fourth-order valence-corrected chi connectivity index (χ4v) is 6.11. The second-order valence-corrected chi connectivity index (χ2v) is 10.7. The molecule has 0 unspecified atom stereocenters. The molecule has 1 saturated heterocycles. The van der Waals surface area contributed by atoms with Gasteiger partial charge < -0.3 is 30.2 Å². The number of hydrogen-bond donors (Lipinski definition) is 2. The summed E-state index contributed by atoms with van der Waals surface area (Å²) in [5.41, 5.74) is 10.9. The molecule has 210 valence electrons. The molecule has 4 heterocycles. The van der Waals surface area contributed by atoms with E-state index in [9.17, 15) is 9.59 Å². The molecule has 2 aromatic heterocycles. The fraction of sp³-hybridized carbons (Fsp3) is 0.258. The van der Waals surface area contributed by atoms with Crippen LogP contribution in [0.3, 0.4) is 0 Å². The molecule has 2 aliphatic heterocycles. The normalized spacial score (nSPS) is 14.3. The number of pyridine rings is 1. The van der Waals surface area contributed by atoms with Gasteiger partial charge in [0.1, 0.15) is 11.6 Å². The van der Waals surface area contributed by atoms with Gasteiger partial charge in [-0.15, -0.1) is 11.3 Å². The van der Waals surface area contributed by atoms with Crippen molar-refractivity contribution in [3.63, 3.8) is 0 Å². The van der Waals surface area contributed by atoms with Crippen LogP contribution >= 0.6 is 11.3 Å². The lowest BCUT2D eigenvalue weighted by Crippen LogP contribution is -2.37. The Morgan fingerprint density at radius 1 is 1.02 bits per heavy atom. The minimum Gasteiger partial charge on any atom is -0.493 e. The minimum absolute atomic E-state index is 0.128. The average Bonchev–Trinajstić information content (AvgIpc) is 3.42. The molecule has 41 heavy (non-hydrogen) atoms. The van der Waals surface area contributed by atoms with E-state index in [0.717, 1.165) is 22.4 Å². The van der Waals surface area contributed by atoms with Gasteiger partial charge in [-0.25, -0.2) is 9.78 Å². The summed E-state index contributed by atoms with van der Waals surface area (Å²) in [7, 11) is 1.33. The number of ether oxygens (including phenoxy) is 3. The second kappa shape index (κ2) is 11.7. The molecule has 2 aromatic carbocycles. The Balaban J connectivity index is 1.49. The standard InChI is InChI=1S/C31H30N4O5S/c1-38-31(37)28-22(6-7-27(34-28)35-10-13-39-14-11-35)23-17-26-25(29-20(8-12-40-26)9-15-41-29)16-24(23)30(36)33-21-4-2-19(18-32)3-5-21/h2-7,9,15-17H,8,10-14,18,32H2,1H3,(H,33,36). The summed E-state index contributed by atoms with van der Waals surface area (Å²) >= 11 is 1.62. The first-order chi connectivity index (χ1) is 20.1. The number of rotatable bonds is 6. The topological polar surface area (TPSA) is 116 Å². The number of nitrogens with zero attached hydrogens (tertiary/aromatic N) is 2. The van der Waals surface area contributed by atoms with Gasteiger partial charge in [0.25, 0.3) is 5.91 Å². The van der Waals surface area contributed by atoms with Crippen molar-refractivity contribution in [1.29, 1.82) is 0 Å². The van der Waals surface area contributed by atoms with Crippen LogP contribution in [0.1, 0.15) is 32.0 Å². The van der Waals surface area contributed by atoms with E-state index in [-0.39, 0.29) is 11.6 Å². The van der Waals surface area contributed by atoms with E-state index in [4.69, 9.17) is 24.9 Å². The first kappa shape index (κ1) is 26.9. The van der Waals surface area contributed by atoms with Crippen molar-refractivity contribution in [2.75, 3.05) is 50.2 Å². The van der Waals surface area contributed by atoms with Gasteiger partial charge in [0.05, 0.1) is 26.9 Å². The van der Waals surface area contributed by atoms with Gasteiger partial charge in [-0.2, -0.15) is 0 Å². The molecule has 3 N–H and O–H groups in total. The Morgan fingerprint density at radius 3 is 2.59 bits per heavy atom. The predicted octanol–water partition coefficient (Wildman–Crippen LogP) is 4.75. The van der Waals surface area contributed by atoms with Crippen LogP contribution in [-0.4, -0.2) is 56.9 Å². The lowest BCUT2D eigenvalue weighted by atomic mass is 9.93. The number of thiophene rings is 1. The van der Waals surface area contributed by atoms with Crippen LogP contribution in [0.5, 0.6) is 5.75 Å². The van der Waals surface area contributed by atoms with Crippen LogP contribution in [0, 0.1) is 0 Å². The molecular formula is C31H30N4O5S. The van der Waals surface area contributed by atoms with Crippen molar-refractivity contribution >= 4 is 34.7 Å². The maximum atomic E-state index is 13.9. The molecule has 2 aliphatic rings. The number of hydrogen-bond acceptors (Lipinski definition) is 9. The number of aromatic nitrogens is 1. The van der Waals surface area contributed by atoms with Crippen LogP contribution in [0.4, 0.5) is 11.5 Å². The van der Waals surface area contributed by atoms with Crippen LogP contribution in [0.15, 0.2) is 60.0 Å². The van der Waals surface area contributed by atoms with E-state index in [0.29, 0.717) is 73.4 Å². The molecule has 10 heteroatoms. The van der Waals surface area contributed by atoms with Crippen LogP contribution < -0.4 is 20.7 Å². The summed E-state index contributed by atoms with van der Waals surface area (Å²) in [6.07, 6.45) is 0.765. The molecule has 0 spiro atoms. The Kier molecular flexibility index (Phi) is 7.69. The largest absolute Gasteiger partial charge is 0.493 e.